The highest BCUT2D eigenvalue weighted by atomic mass is 31.2. The van der Waals surface area contributed by atoms with Crippen molar-refractivity contribution in [2.24, 2.45) is 0 Å². The van der Waals surface area contributed by atoms with Gasteiger partial charge >= 0.3 is 31.3 Å². The van der Waals surface area contributed by atoms with Crippen molar-refractivity contribution in [3.63, 3.8) is 0 Å². The fourth-order valence-corrected chi connectivity index (χ4v) is 16.6. The number of rotatable bonds is 39. The fourth-order valence-electron chi connectivity index (χ4n) is 11.0. The molecule has 0 bridgehead atoms. The van der Waals surface area contributed by atoms with Gasteiger partial charge in [-0.15, -0.1) is 0 Å². The molecule has 0 aliphatic heterocycles. The summed E-state index contributed by atoms with van der Waals surface area (Å²) in [5.74, 6) is 0. The molecule has 1 fully saturated rings. The summed E-state index contributed by atoms with van der Waals surface area (Å²) in [7, 11) is -20.9. The highest BCUT2D eigenvalue weighted by Gasteiger charge is 2.69. The Morgan fingerprint density at radius 2 is 0.420 bits per heavy atom. The van der Waals surface area contributed by atoms with Crippen molar-refractivity contribution >= 4 is 31.3 Å². The first-order valence-corrected chi connectivity index (χ1v) is 38.6. The summed E-state index contributed by atoms with van der Waals surface area (Å²) >= 11 is 0. The van der Waals surface area contributed by atoms with Crippen LogP contribution >= 0.6 is 31.3 Å². The lowest BCUT2D eigenvalue weighted by molar-refractivity contribution is -0.276. The fraction of sp³-hybridized carbons (Fsp3) is 0.231. The van der Waals surface area contributed by atoms with Crippen LogP contribution in [-0.4, -0.2) is 36.1 Å². The van der Waals surface area contributed by atoms with Crippen LogP contribution in [0.5, 0.6) is 0 Å². The van der Waals surface area contributed by atoms with Gasteiger partial charge < -0.3 is 9.47 Å². The van der Waals surface area contributed by atoms with Gasteiger partial charge in [-0.25, -0.2) is 18.3 Å². The number of phosphoric acid groups is 4. The van der Waals surface area contributed by atoms with E-state index in [0.717, 1.165) is 0 Å². The van der Waals surface area contributed by atoms with Gasteiger partial charge in [-0.2, -0.15) is 0 Å². The Kier molecular flexibility index (Phi) is 27.3. The number of hydrogen-bond acceptors (Lipinski definition) is 18. The molecule has 520 valence electrons. The Hall–Kier alpha value is -7.44. The molecular formula is C78H80O18P4. The van der Waals surface area contributed by atoms with Gasteiger partial charge in [-0.3, -0.25) is 54.3 Å². The summed E-state index contributed by atoms with van der Waals surface area (Å²) in [4.78, 5) is 0. The molecular weight excluding hydrogens is 1350 g/mol. The SMILES string of the molecule is CCC1(OP(=O)(OCc2ccccc2)OCc2ccccc2)[C@H](OP(=O)(OCc2ccccc2)OCc2ccccc2)[C@@H](OCc2ccccc2)C(OP(=O)(OCc2ccccc2)OCc2ccccc2)[C@H](OCc2ccccc2)[C@@H]1OP(=O)(OCc1ccccc1)OCc1ccccc1. The van der Waals surface area contributed by atoms with Crippen LogP contribution in [0.3, 0.4) is 0 Å². The largest absolute Gasteiger partial charge is 0.476 e. The third-order valence-corrected chi connectivity index (χ3v) is 21.8. The van der Waals surface area contributed by atoms with Crippen LogP contribution in [0.4, 0.5) is 0 Å². The van der Waals surface area contributed by atoms with Crippen molar-refractivity contribution in [3.8, 4) is 0 Å². The first-order valence-electron chi connectivity index (χ1n) is 32.8. The molecule has 11 rings (SSSR count). The van der Waals surface area contributed by atoms with E-state index in [4.69, 9.17) is 63.8 Å². The van der Waals surface area contributed by atoms with Gasteiger partial charge in [-0.1, -0.05) is 310 Å². The molecule has 10 aromatic rings. The topological polar surface area (TPSA) is 197 Å². The average molecular weight is 1430 g/mol. The summed E-state index contributed by atoms with van der Waals surface area (Å²) in [6.07, 6.45) is -10.3. The molecule has 0 radical (unpaired) electrons. The second kappa shape index (κ2) is 36.9. The summed E-state index contributed by atoms with van der Waals surface area (Å²) in [6, 6.07) is 89.8. The standard InChI is InChI=1S/C78H80O18P4/c1-2-78(96-100(82,91-61-71-49-29-11-30-50-71)92-62-72-51-31-12-32-52-72)76(94-98(80,87-57-67-41-21-7-22-42-67)88-58-68-43-23-8-24-44-68)74(83-53-63-33-13-3-14-34-63)73(93-97(79,85-55-65-37-17-5-18-38-65)86-56-66-39-19-6-20-40-66)75(84-54-64-35-15-4-16-36-64)77(78)95-99(81,89-59-69-45-25-9-26-46-69)90-60-70-47-27-10-28-48-70/h3-52,73-77H,2,53-62H2,1H3/t73?,74-,75-,76-,77+,78?/m0/s1. The number of phosphoric ester groups is 4. The van der Waals surface area contributed by atoms with Crippen molar-refractivity contribution < 1.29 is 82.0 Å². The summed E-state index contributed by atoms with van der Waals surface area (Å²) in [5.41, 5.74) is 3.16. The van der Waals surface area contributed by atoms with E-state index in [1.165, 1.54) is 0 Å². The lowest BCUT2D eigenvalue weighted by atomic mass is 9.73. The lowest BCUT2D eigenvalue weighted by Crippen LogP contribution is -2.73. The third-order valence-electron chi connectivity index (χ3n) is 16.2. The van der Waals surface area contributed by atoms with Gasteiger partial charge in [0.15, 0.2) is 0 Å². The Balaban J connectivity index is 1.18. The highest BCUT2D eigenvalue weighted by molar-refractivity contribution is 7.49. The molecule has 1 aliphatic carbocycles. The Morgan fingerprint density at radius 1 is 0.240 bits per heavy atom. The maximum Gasteiger partial charge on any atom is 0.476 e. The number of benzene rings is 10. The minimum atomic E-state index is -5.28. The molecule has 1 aliphatic rings. The van der Waals surface area contributed by atoms with E-state index >= 15 is 18.3 Å². The van der Waals surface area contributed by atoms with Crippen LogP contribution < -0.4 is 0 Å². The third kappa shape index (κ3) is 21.8. The molecule has 0 heterocycles. The van der Waals surface area contributed by atoms with Crippen LogP contribution in [-0.2, 0) is 148 Å². The van der Waals surface area contributed by atoms with Gasteiger partial charge in [0.2, 0.25) is 0 Å². The second-order valence-electron chi connectivity index (χ2n) is 23.4. The molecule has 0 N–H and O–H groups in total. The molecule has 0 amide bonds. The monoisotopic (exact) mass is 1430 g/mol. The zero-order chi connectivity index (χ0) is 69.2. The van der Waals surface area contributed by atoms with Crippen LogP contribution in [0.1, 0.15) is 69.0 Å². The van der Waals surface area contributed by atoms with Gasteiger partial charge in [-0.05, 0) is 62.1 Å². The van der Waals surface area contributed by atoms with Crippen molar-refractivity contribution in [1.29, 1.82) is 0 Å². The predicted octanol–water partition coefficient (Wildman–Crippen LogP) is 19.7. The van der Waals surface area contributed by atoms with Gasteiger partial charge in [0.1, 0.15) is 36.1 Å². The average Bonchev–Trinajstić information content (AvgIpc) is 0.717. The van der Waals surface area contributed by atoms with E-state index in [9.17, 15) is 0 Å². The van der Waals surface area contributed by atoms with Crippen molar-refractivity contribution in [2.45, 2.75) is 116 Å². The molecule has 1 saturated carbocycles. The van der Waals surface area contributed by atoms with Crippen molar-refractivity contribution in [3.05, 3.63) is 359 Å². The Labute approximate surface area is 584 Å². The maximum atomic E-state index is 16.9. The van der Waals surface area contributed by atoms with Gasteiger partial charge in [0.25, 0.3) is 0 Å². The van der Waals surface area contributed by atoms with Crippen LogP contribution in [0, 0.1) is 0 Å². The zero-order valence-electron chi connectivity index (χ0n) is 55.2. The number of hydrogen-bond donors (Lipinski definition) is 0. The van der Waals surface area contributed by atoms with E-state index in [0.29, 0.717) is 55.6 Å². The smallest absolute Gasteiger partial charge is 0.368 e. The predicted molar refractivity (Wildman–Crippen MR) is 379 cm³/mol. The Morgan fingerprint density at radius 3 is 0.620 bits per heavy atom. The zero-order valence-corrected chi connectivity index (χ0v) is 58.7. The normalized spacial score (nSPS) is 18.1. The van der Waals surface area contributed by atoms with Crippen LogP contribution in [0.2, 0.25) is 0 Å². The van der Waals surface area contributed by atoms with Crippen molar-refractivity contribution in [1.82, 2.24) is 0 Å². The molecule has 0 aromatic heterocycles. The molecule has 10 aromatic carbocycles. The van der Waals surface area contributed by atoms with Gasteiger partial charge in [0, 0.05) is 0 Å². The minimum Gasteiger partial charge on any atom is -0.368 e. The van der Waals surface area contributed by atoms with E-state index < -0.39 is 73.8 Å². The number of ether oxygens (including phenoxy) is 2. The van der Waals surface area contributed by atoms with Gasteiger partial charge in [0.05, 0.1) is 66.1 Å². The minimum absolute atomic E-state index is 0.284. The van der Waals surface area contributed by atoms with Crippen LogP contribution in [0.25, 0.3) is 0 Å². The molecule has 2 unspecified atom stereocenters. The first-order chi connectivity index (χ1) is 48.9. The highest BCUT2D eigenvalue weighted by Crippen LogP contribution is 2.66. The molecule has 18 nitrogen and oxygen atoms in total. The summed E-state index contributed by atoms with van der Waals surface area (Å²) in [6.45, 7) is -1.73. The summed E-state index contributed by atoms with van der Waals surface area (Å²) < 4.78 is 163. The van der Waals surface area contributed by atoms with Crippen LogP contribution in [0.15, 0.2) is 303 Å². The quantitative estimate of drug-likeness (QED) is 0.0329. The second-order valence-corrected chi connectivity index (χ2v) is 29.9. The maximum absolute atomic E-state index is 16.9. The van der Waals surface area contributed by atoms with E-state index in [1.54, 1.807) is 201 Å². The van der Waals surface area contributed by atoms with Crippen molar-refractivity contribution in [2.75, 3.05) is 0 Å². The lowest BCUT2D eigenvalue weighted by Gasteiger charge is -2.56. The summed E-state index contributed by atoms with van der Waals surface area (Å²) in [5, 5.41) is 0. The van der Waals surface area contributed by atoms with E-state index in [-0.39, 0.29) is 66.1 Å². The van der Waals surface area contributed by atoms with E-state index in [2.05, 4.69) is 0 Å². The molecule has 22 heteroatoms. The molecule has 6 atom stereocenters. The van der Waals surface area contributed by atoms with E-state index in [1.807, 2.05) is 109 Å². The molecule has 0 spiro atoms. The molecule has 100 heavy (non-hydrogen) atoms. The molecule has 0 saturated heterocycles. The first kappa shape index (κ1) is 73.8. The Bertz CT molecular complexity index is 3850.